The average Bonchev–Trinajstić information content (AvgIpc) is 3.38. The first-order valence-electron chi connectivity index (χ1n) is 8.47. The number of benzene rings is 1. The first kappa shape index (κ1) is 18.0. The number of ether oxygens (including phenoxy) is 1. The molecule has 1 aromatic carbocycles. The van der Waals surface area contributed by atoms with Crippen LogP contribution in [-0.4, -0.2) is 40.0 Å². The van der Waals surface area contributed by atoms with Gasteiger partial charge in [-0.25, -0.2) is 9.50 Å². The lowest BCUT2D eigenvalue weighted by atomic mass is 10.1. The third-order valence-corrected chi connectivity index (χ3v) is 4.98. The van der Waals surface area contributed by atoms with Crippen LogP contribution in [0.1, 0.15) is 15.2 Å². The number of amides is 1. The molecule has 7 nitrogen and oxygen atoms in total. The van der Waals surface area contributed by atoms with Gasteiger partial charge in [0.2, 0.25) is 11.7 Å². The number of ketones is 1. The van der Waals surface area contributed by atoms with Crippen LogP contribution in [0.2, 0.25) is 0 Å². The lowest BCUT2D eigenvalue weighted by molar-refractivity contribution is -0.119. The van der Waals surface area contributed by atoms with Crippen molar-refractivity contribution in [2.24, 2.45) is 0 Å². The normalized spacial score (nSPS) is 10.9. The lowest BCUT2D eigenvalue weighted by Gasteiger charge is -2.08. The summed E-state index contributed by atoms with van der Waals surface area (Å²) in [6.45, 7) is -0.0168. The van der Waals surface area contributed by atoms with Crippen molar-refractivity contribution in [1.82, 2.24) is 14.6 Å². The van der Waals surface area contributed by atoms with E-state index in [2.05, 4.69) is 15.4 Å². The molecule has 0 unspecified atom stereocenters. The first-order valence-corrected chi connectivity index (χ1v) is 9.35. The monoisotopic (exact) mass is 392 g/mol. The number of aromatic nitrogens is 3. The van der Waals surface area contributed by atoms with Gasteiger partial charge in [0.15, 0.2) is 5.65 Å². The van der Waals surface area contributed by atoms with E-state index in [1.807, 2.05) is 35.7 Å². The van der Waals surface area contributed by atoms with E-state index >= 15 is 0 Å². The van der Waals surface area contributed by atoms with E-state index in [0.29, 0.717) is 21.8 Å². The molecule has 0 aliphatic rings. The van der Waals surface area contributed by atoms with Crippen LogP contribution in [0, 0.1) is 0 Å². The molecule has 0 saturated heterocycles. The molecule has 0 saturated carbocycles. The van der Waals surface area contributed by atoms with Crippen LogP contribution >= 0.6 is 11.3 Å². The van der Waals surface area contributed by atoms with Gasteiger partial charge in [-0.1, -0.05) is 18.2 Å². The van der Waals surface area contributed by atoms with E-state index in [1.165, 1.54) is 24.6 Å². The molecule has 8 heteroatoms. The summed E-state index contributed by atoms with van der Waals surface area (Å²) in [4.78, 5) is 29.5. The van der Waals surface area contributed by atoms with Crippen LogP contribution in [0.4, 0.5) is 5.69 Å². The second kappa shape index (κ2) is 7.71. The fourth-order valence-corrected chi connectivity index (χ4v) is 3.57. The summed E-state index contributed by atoms with van der Waals surface area (Å²) < 4.78 is 6.47. The quantitative estimate of drug-likeness (QED) is 0.509. The van der Waals surface area contributed by atoms with Crippen molar-refractivity contribution in [3.8, 4) is 11.3 Å². The van der Waals surface area contributed by atoms with E-state index in [-0.39, 0.29) is 18.3 Å². The minimum absolute atomic E-state index is 0.0168. The number of fused-ring (bicyclic) bond motifs is 1. The summed E-state index contributed by atoms with van der Waals surface area (Å²) in [5, 5.41) is 9.02. The van der Waals surface area contributed by atoms with Crippen LogP contribution < -0.4 is 5.32 Å². The maximum atomic E-state index is 12.7. The molecule has 1 N–H and O–H groups in total. The maximum absolute atomic E-state index is 12.7. The average molecular weight is 392 g/mol. The third-order valence-electron chi connectivity index (χ3n) is 4.11. The highest BCUT2D eigenvalue weighted by atomic mass is 32.1. The standard InChI is InChI=1S/C20H16N4O3S/c1-27-12-18(25)23-14-5-2-4-13(10-14)16-7-8-21-20-15(11-22-24(16)20)19(26)17-6-3-9-28-17/h2-11H,12H2,1H3,(H,23,25). The molecule has 0 bridgehead atoms. The van der Waals surface area contributed by atoms with E-state index in [0.717, 1.165) is 11.3 Å². The SMILES string of the molecule is COCC(=O)Nc1cccc(-c2ccnc3c(C(=O)c4cccs4)cnn23)c1. The predicted octanol–water partition coefficient (Wildman–Crippen LogP) is 3.27. The summed E-state index contributed by atoms with van der Waals surface area (Å²) in [5.41, 5.74) is 3.18. The van der Waals surface area contributed by atoms with Gasteiger partial charge < -0.3 is 10.1 Å². The molecule has 0 aliphatic carbocycles. The maximum Gasteiger partial charge on any atom is 0.250 e. The van der Waals surface area contributed by atoms with Gasteiger partial charge in [0.05, 0.1) is 22.3 Å². The minimum Gasteiger partial charge on any atom is -0.375 e. The molecule has 0 spiro atoms. The number of nitrogens with one attached hydrogen (secondary N) is 1. The van der Waals surface area contributed by atoms with Gasteiger partial charge in [-0.15, -0.1) is 11.3 Å². The zero-order valence-corrected chi connectivity index (χ0v) is 15.8. The van der Waals surface area contributed by atoms with Gasteiger partial charge >= 0.3 is 0 Å². The van der Waals surface area contributed by atoms with Crippen LogP contribution in [0.3, 0.4) is 0 Å². The molecule has 0 aliphatic heterocycles. The number of thiophene rings is 1. The van der Waals surface area contributed by atoms with Crippen molar-refractivity contribution < 1.29 is 14.3 Å². The van der Waals surface area contributed by atoms with Gasteiger partial charge in [0, 0.05) is 24.6 Å². The number of methoxy groups -OCH3 is 1. The number of hydrogen-bond acceptors (Lipinski definition) is 6. The van der Waals surface area contributed by atoms with Gasteiger partial charge in [0.25, 0.3) is 0 Å². The van der Waals surface area contributed by atoms with Crippen LogP contribution in [-0.2, 0) is 9.53 Å². The predicted molar refractivity (Wildman–Crippen MR) is 107 cm³/mol. The molecule has 1 amide bonds. The zero-order chi connectivity index (χ0) is 19.5. The molecular formula is C20H16N4O3S. The Morgan fingerprint density at radius 3 is 2.89 bits per heavy atom. The molecule has 0 atom stereocenters. The molecule has 3 heterocycles. The fraction of sp³-hybridized carbons (Fsp3) is 0.100. The molecule has 3 aromatic heterocycles. The van der Waals surface area contributed by atoms with Gasteiger partial charge in [-0.05, 0) is 29.6 Å². The zero-order valence-electron chi connectivity index (χ0n) is 15.0. The molecule has 0 fully saturated rings. The van der Waals surface area contributed by atoms with Gasteiger partial charge in [0.1, 0.15) is 6.61 Å². The second-order valence-electron chi connectivity index (χ2n) is 5.99. The van der Waals surface area contributed by atoms with E-state index in [4.69, 9.17) is 4.74 Å². The number of carbonyl (C=O) groups is 2. The highest BCUT2D eigenvalue weighted by Crippen LogP contribution is 2.25. The van der Waals surface area contributed by atoms with E-state index < -0.39 is 0 Å². The van der Waals surface area contributed by atoms with Crippen molar-refractivity contribution in [3.05, 3.63) is 70.7 Å². The number of rotatable bonds is 6. The molecule has 0 radical (unpaired) electrons. The van der Waals surface area contributed by atoms with Crippen molar-refractivity contribution in [2.45, 2.75) is 0 Å². The van der Waals surface area contributed by atoms with Crippen LogP contribution in [0.5, 0.6) is 0 Å². The van der Waals surface area contributed by atoms with Crippen molar-refractivity contribution in [3.63, 3.8) is 0 Å². The van der Waals surface area contributed by atoms with Gasteiger partial charge in [-0.3, -0.25) is 9.59 Å². The number of anilines is 1. The number of nitrogens with zero attached hydrogens (tertiary/aromatic N) is 3. The Kier molecular flexibility index (Phi) is 4.96. The highest BCUT2D eigenvalue weighted by Gasteiger charge is 2.18. The van der Waals surface area contributed by atoms with E-state index in [1.54, 1.807) is 22.8 Å². The summed E-state index contributed by atoms with van der Waals surface area (Å²) in [5.74, 6) is -0.335. The third kappa shape index (κ3) is 3.42. The van der Waals surface area contributed by atoms with Crippen LogP contribution in [0.25, 0.3) is 16.9 Å². The summed E-state index contributed by atoms with van der Waals surface area (Å²) in [6.07, 6.45) is 3.19. The number of hydrogen-bond donors (Lipinski definition) is 1. The van der Waals surface area contributed by atoms with Crippen LogP contribution in [0.15, 0.2) is 60.2 Å². The fourth-order valence-electron chi connectivity index (χ4n) is 2.90. The van der Waals surface area contributed by atoms with Crippen molar-refractivity contribution >= 4 is 34.4 Å². The minimum atomic E-state index is -0.234. The van der Waals surface area contributed by atoms with Crippen molar-refractivity contribution in [2.75, 3.05) is 19.0 Å². The Hall–Kier alpha value is -3.36. The number of carbonyl (C=O) groups excluding carboxylic acids is 2. The Labute approximate surface area is 164 Å². The van der Waals surface area contributed by atoms with Crippen molar-refractivity contribution in [1.29, 1.82) is 0 Å². The van der Waals surface area contributed by atoms with Gasteiger partial charge in [-0.2, -0.15) is 5.10 Å². The Morgan fingerprint density at radius 1 is 1.21 bits per heavy atom. The summed E-state index contributed by atoms with van der Waals surface area (Å²) in [7, 11) is 1.47. The van der Waals surface area contributed by atoms with E-state index in [9.17, 15) is 9.59 Å². The first-order chi connectivity index (χ1) is 13.7. The molecule has 4 aromatic rings. The Balaban J connectivity index is 1.72. The smallest absolute Gasteiger partial charge is 0.250 e. The summed E-state index contributed by atoms with van der Waals surface area (Å²) >= 11 is 1.39. The largest absolute Gasteiger partial charge is 0.375 e. The topological polar surface area (TPSA) is 85.6 Å². The molecular weight excluding hydrogens is 376 g/mol. The second-order valence-corrected chi connectivity index (χ2v) is 6.94. The highest BCUT2D eigenvalue weighted by molar-refractivity contribution is 7.12. The molecule has 4 rings (SSSR count). The Bertz CT molecular complexity index is 1150. The summed E-state index contributed by atoms with van der Waals surface area (Å²) in [6, 6.07) is 12.8. The molecule has 140 valence electrons. The lowest BCUT2D eigenvalue weighted by Crippen LogP contribution is -2.17. The molecule has 28 heavy (non-hydrogen) atoms. The Morgan fingerprint density at radius 2 is 2.11 bits per heavy atom.